The van der Waals surface area contributed by atoms with Gasteiger partial charge in [0.15, 0.2) is 0 Å². The molecular weight excluding hydrogens is 214 g/mol. The smallest absolute Gasteiger partial charge is 0.122 e. The van der Waals surface area contributed by atoms with Crippen molar-refractivity contribution in [3.8, 4) is 5.75 Å². The molecule has 0 amide bonds. The number of ether oxygens (including phenoxy) is 1. The van der Waals surface area contributed by atoms with E-state index in [2.05, 4.69) is 13.8 Å². The molecule has 0 heterocycles. The molecule has 0 unspecified atom stereocenters. The van der Waals surface area contributed by atoms with E-state index < -0.39 is 0 Å². The van der Waals surface area contributed by atoms with Gasteiger partial charge < -0.3 is 15.6 Å². The fourth-order valence-electron chi connectivity index (χ4n) is 1.51. The van der Waals surface area contributed by atoms with Crippen molar-refractivity contribution >= 4 is 0 Å². The summed E-state index contributed by atoms with van der Waals surface area (Å²) in [6, 6.07) is 7.84. The molecule has 1 aromatic rings. The molecule has 17 heavy (non-hydrogen) atoms. The van der Waals surface area contributed by atoms with Gasteiger partial charge in [0.1, 0.15) is 5.75 Å². The van der Waals surface area contributed by atoms with Crippen molar-refractivity contribution in [3.63, 3.8) is 0 Å². The van der Waals surface area contributed by atoms with Gasteiger partial charge in [-0.25, -0.2) is 0 Å². The molecule has 0 fully saturated rings. The predicted molar refractivity (Wildman–Crippen MR) is 70.2 cm³/mol. The number of hydrogen-bond donors (Lipinski definition) is 2. The van der Waals surface area contributed by atoms with E-state index >= 15 is 0 Å². The first-order valence-electron chi connectivity index (χ1n) is 6.11. The van der Waals surface area contributed by atoms with Crippen molar-refractivity contribution < 1.29 is 9.84 Å². The minimum atomic E-state index is 0.117. The van der Waals surface area contributed by atoms with E-state index in [0.717, 1.165) is 17.7 Å². The molecule has 0 saturated carbocycles. The molecule has 0 aromatic heterocycles. The lowest BCUT2D eigenvalue weighted by molar-refractivity contribution is 0.230. The quantitative estimate of drug-likeness (QED) is 0.762. The van der Waals surface area contributed by atoms with E-state index in [1.807, 2.05) is 24.3 Å². The molecule has 0 aliphatic rings. The summed E-state index contributed by atoms with van der Waals surface area (Å²) in [5.41, 5.74) is 6.85. The summed E-state index contributed by atoms with van der Waals surface area (Å²) in [5, 5.41) is 8.96. The number of nitrogens with two attached hydrogens (primary N) is 1. The van der Waals surface area contributed by atoms with Gasteiger partial charge in [-0.3, -0.25) is 0 Å². The second kappa shape index (κ2) is 6.62. The van der Waals surface area contributed by atoms with Gasteiger partial charge in [0.25, 0.3) is 0 Å². The van der Waals surface area contributed by atoms with Crippen molar-refractivity contribution in [2.75, 3.05) is 19.8 Å². The molecule has 3 N–H and O–H groups in total. The van der Waals surface area contributed by atoms with Gasteiger partial charge in [-0.2, -0.15) is 0 Å². The Morgan fingerprint density at radius 3 is 2.65 bits per heavy atom. The normalized spacial score (nSPS) is 11.5. The van der Waals surface area contributed by atoms with Crippen LogP contribution in [0, 0.1) is 5.41 Å². The maximum atomic E-state index is 8.96. The third-order valence-corrected chi connectivity index (χ3v) is 2.94. The molecule has 1 rings (SSSR count). The van der Waals surface area contributed by atoms with Crippen LogP contribution in [-0.4, -0.2) is 24.9 Å². The topological polar surface area (TPSA) is 55.5 Å². The number of aliphatic hydroxyl groups is 1. The number of benzene rings is 1. The van der Waals surface area contributed by atoms with E-state index in [9.17, 15) is 0 Å². The Morgan fingerprint density at radius 2 is 2.00 bits per heavy atom. The van der Waals surface area contributed by atoms with Crippen molar-refractivity contribution in [3.05, 3.63) is 29.8 Å². The molecule has 0 atom stereocenters. The minimum Gasteiger partial charge on any atom is -0.493 e. The standard InChI is InChI=1S/C14H23NO2/c1-14(2,11-15)8-10-17-13-6-4-3-5-12(13)7-9-16/h3-6,16H,7-11,15H2,1-2H3. The Bertz CT molecular complexity index is 337. The zero-order chi connectivity index (χ0) is 12.7. The van der Waals surface area contributed by atoms with Crippen LogP contribution in [-0.2, 0) is 6.42 Å². The predicted octanol–water partition coefficient (Wildman–Crippen LogP) is 1.98. The Morgan fingerprint density at radius 1 is 1.29 bits per heavy atom. The number of rotatable bonds is 7. The van der Waals surface area contributed by atoms with Gasteiger partial charge >= 0.3 is 0 Å². The highest BCUT2D eigenvalue weighted by Gasteiger charge is 2.15. The van der Waals surface area contributed by atoms with E-state index in [4.69, 9.17) is 15.6 Å². The fraction of sp³-hybridized carbons (Fsp3) is 0.571. The monoisotopic (exact) mass is 237 g/mol. The van der Waals surface area contributed by atoms with E-state index in [0.29, 0.717) is 19.6 Å². The summed E-state index contributed by atoms with van der Waals surface area (Å²) in [4.78, 5) is 0. The first-order valence-corrected chi connectivity index (χ1v) is 6.11. The maximum Gasteiger partial charge on any atom is 0.122 e. The Balaban J connectivity index is 2.51. The molecule has 0 aliphatic heterocycles. The molecule has 0 spiro atoms. The number of aliphatic hydroxyl groups excluding tert-OH is 1. The highest BCUT2D eigenvalue weighted by atomic mass is 16.5. The van der Waals surface area contributed by atoms with Crippen LogP contribution < -0.4 is 10.5 Å². The largest absolute Gasteiger partial charge is 0.493 e. The van der Waals surface area contributed by atoms with E-state index in [1.165, 1.54) is 0 Å². The van der Waals surface area contributed by atoms with Crippen LogP contribution in [0.2, 0.25) is 0 Å². The third kappa shape index (κ3) is 4.75. The minimum absolute atomic E-state index is 0.117. The van der Waals surface area contributed by atoms with Gasteiger partial charge in [0.2, 0.25) is 0 Å². The summed E-state index contributed by atoms with van der Waals surface area (Å²) < 4.78 is 5.76. The van der Waals surface area contributed by atoms with Crippen LogP contribution in [0.5, 0.6) is 5.75 Å². The van der Waals surface area contributed by atoms with Crippen molar-refractivity contribution in [2.45, 2.75) is 26.7 Å². The van der Waals surface area contributed by atoms with Crippen LogP contribution in [0.3, 0.4) is 0 Å². The second-order valence-corrected chi connectivity index (χ2v) is 5.05. The lowest BCUT2D eigenvalue weighted by Crippen LogP contribution is -2.25. The van der Waals surface area contributed by atoms with Gasteiger partial charge in [0.05, 0.1) is 6.61 Å². The molecule has 96 valence electrons. The Hall–Kier alpha value is -1.06. The van der Waals surface area contributed by atoms with Crippen molar-refractivity contribution in [1.82, 2.24) is 0 Å². The summed E-state index contributed by atoms with van der Waals surface area (Å²) in [6.07, 6.45) is 1.56. The van der Waals surface area contributed by atoms with Crippen LogP contribution in [0.1, 0.15) is 25.8 Å². The molecule has 1 aromatic carbocycles. The first-order chi connectivity index (χ1) is 8.09. The molecule has 0 radical (unpaired) electrons. The summed E-state index contributed by atoms with van der Waals surface area (Å²) in [5.74, 6) is 0.870. The van der Waals surface area contributed by atoms with Gasteiger partial charge in [0, 0.05) is 6.61 Å². The van der Waals surface area contributed by atoms with Crippen LogP contribution in [0.4, 0.5) is 0 Å². The highest BCUT2D eigenvalue weighted by Crippen LogP contribution is 2.22. The highest BCUT2D eigenvalue weighted by molar-refractivity contribution is 5.33. The van der Waals surface area contributed by atoms with Crippen LogP contribution >= 0.6 is 0 Å². The van der Waals surface area contributed by atoms with Gasteiger partial charge in [-0.05, 0) is 36.4 Å². The third-order valence-electron chi connectivity index (χ3n) is 2.94. The Labute approximate surface area is 104 Å². The van der Waals surface area contributed by atoms with Crippen LogP contribution in [0.15, 0.2) is 24.3 Å². The average molecular weight is 237 g/mol. The molecular formula is C14H23NO2. The average Bonchev–Trinajstić information content (AvgIpc) is 2.31. The first kappa shape index (κ1) is 14.0. The lowest BCUT2D eigenvalue weighted by Gasteiger charge is -2.22. The molecule has 0 aliphatic carbocycles. The van der Waals surface area contributed by atoms with Crippen LogP contribution in [0.25, 0.3) is 0 Å². The molecule has 0 bridgehead atoms. The van der Waals surface area contributed by atoms with Gasteiger partial charge in [-0.15, -0.1) is 0 Å². The van der Waals surface area contributed by atoms with Crippen molar-refractivity contribution in [2.24, 2.45) is 11.1 Å². The molecule has 3 nitrogen and oxygen atoms in total. The summed E-state index contributed by atoms with van der Waals surface area (Å²) in [6.45, 7) is 5.74. The molecule has 3 heteroatoms. The molecule has 0 saturated heterocycles. The second-order valence-electron chi connectivity index (χ2n) is 5.05. The Kier molecular flexibility index (Phi) is 5.45. The zero-order valence-corrected chi connectivity index (χ0v) is 10.8. The van der Waals surface area contributed by atoms with Gasteiger partial charge in [-0.1, -0.05) is 32.0 Å². The fourth-order valence-corrected chi connectivity index (χ4v) is 1.51. The van der Waals surface area contributed by atoms with E-state index in [1.54, 1.807) is 0 Å². The number of para-hydroxylation sites is 1. The lowest BCUT2D eigenvalue weighted by atomic mass is 9.90. The van der Waals surface area contributed by atoms with Crippen molar-refractivity contribution in [1.29, 1.82) is 0 Å². The SMILES string of the molecule is CC(C)(CN)CCOc1ccccc1CCO. The zero-order valence-electron chi connectivity index (χ0n) is 10.8. The number of hydrogen-bond acceptors (Lipinski definition) is 3. The maximum absolute atomic E-state index is 8.96. The van der Waals surface area contributed by atoms with E-state index in [-0.39, 0.29) is 12.0 Å². The summed E-state index contributed by atoms with van der Waals surface area (Å²) in [7, 11) is 0. The summed E-state index contributed by atoms with van der Waals surface area (Å²) >= 11 is 0.